The Labute approximate surface area is 226 Å². The smallest absolute Gasteiger partial charge is 0.212 e. The molecule has 1 N–H and O–H groups in total. The minimum atomic E-state index is -4.94. The van der Waals surface area contributed by atoms with Crippen LogP contribution in [0.4, 0.5) is 0 Å². The van der Waals surface area contributed by atoms with E-state index in [1.807, 2.05) is 18.2 Å². The number of rotatable bonds is 11. The van der Waals surface area contributed by atoms with Crippen LogP contribution in [0.25, 0.3) is 33.8 Å². The Kier molecular flexibility index (Phi) is 11.5. The Hall–Kier alpha value is -3.00. The number of pyridine rings is 1. The molecule has 0 unspecified atom stereocenters. The van der Waals surface area contributed by atoms with Gasteiger partial charge in [-0.2, -0.15) is 4.57 Å². The SMILES string of the molecule is CCCCCCCCCC[n+]1c(/C=C/c2c(O)ccc3ccccc23)ccc2ccccc21.[O-][Cl+3]([O-])([O-])[O-]. The number of aromatic nitrogens is 1. The average molecular weight is 538 g/mol. The minimum Gasteiger partial charge on any atom is -0.507 e. The molecule has 0 aliphatic carbocycles. The zero-order valence-electron chi connectivity index (χ0n) is 21.9. The van der Waals surface area contributed by atoms with E-state index in [2.05, 4.69) is 72.2 Å². The fourth-order valence-electron chi connectivity index (χ4n) is 4.71. The van der Waals surface area contributed by atoms with Gasteiger partial charge in [0.25, 0.3) is 0 Å². The largest absolute Gasteiger partial charge is 0.507 e. The van der Waals surface area contributed by atoms with Gasteiger partial charge in [-0.25, -0.2) is 18.6 Å². The first-order valence-corrected chi connectivity index (χ1v) is 14.4. The van der Waals surface area contributed by atoms with Crippen LogP contribution in [0.1, 0.15) is 69.5 Å². The number of unbranched alkanes of at least 4 members (excludes halogenated alkanes) is 7. The maximum absolute atomic E-state index is 10.5. The normalized spacial score (nSPS) is 11.7. The van der Waals surface area contributed by atoms with Crippen molar-refractivity contribution in [2.75, 3.05) is 0 Å². The van der Waals surface area contributed by atoms with Crippen molar-refractivity contribution in [2.24, 2.45) is 0 Å². The number of halogens is 1. The molecule has 38 heavy (non-hydrogen) atoms. The van der Waals surface area contributed by atoms with Gasteiger partial charge in [-0.15, -0.1) is 10.2 Å². The molecule has 0 radical (unpaired) electrons. The summed E-state index contributed by atoms with van der Waals surface area (Å²) in [5.41, 5.74) is 3.31. The summed E-state index contributed by atoms with van der Waals surface area (Å²) in [5, 5.41) is 14.0. The second-order valence-electron chi connectivity index (χ2n) is 9.37. The van der Waals surface area contributed by atoms with E-state index in [0.29, 0.717) is 5.75 Å². The van der Waals surface area contributed by atoms with Gasteiger partial charge in [-0.3, -0.25) is 0 Å². The van der Waals surface area contributed by atoms with E-state index in [4.69, 9.17) is 18.6 Å². The molecule has 1 heterocycles. The fraction of sp³-hybridized carbons (Fsp3) is 0.323. The zero-order chi connectivity index (χ0) is 27.4. The van der Waals surface area contributed by atoms with Crippen molar-refractivity contribution < 1.29 is 38.6 Å². The number of para-hydroxylation sites is 1. The first-order valence-electron chi connectivity index (χ1n) is 13.2. The van der Waals surface area contributed by atoms with E-state index in [1.165, 1.54) is 68.0 Å². The third kappa shape index (κ3) is 9.39. The number of phenols is 1. The van der Waals surface area contributed by atoms with Gasteiger partial charge in [0, 0.05) is 35.6 Å². The Morgan fingerprint density at radius 1 is 0.684 bits per heavy atom. The quantitative estimate of drug-likeness (QED) is 0.232. The minimum absolute atomic E-state index is 0.320. The van der Waals surface area contributed by atoms with Crippen LogP contribution in [-0.2, 0) is 6.54 Å². The third-order valence-electron chi connectivity index (χ3n) is 6.58. The Morgan fingerprint density at radius 3 is 1.97 bits per heavy atom. The summed E-state index contributed by atoms with van der Waals surface area (Å²) >= 11 is 0. The number of phenolic OH excluding ortho intramolecular Hbond substituents is 1. The number of aryl methyl sites for hydroxylation is 1. The summed E-state index contributed by atoms with van der Waals surface area (Å²) < 4.78 is 36.4. The lowest BCUT2D eigenvalue weighted by molar-refractivity contribution is -2.00. The Bertz CT molecular complexity index is 1330. The van der Waals surface area contributed by atoms with Crippen LogP contribution >= 0.6 is 0 Å². The van der Waals surface area contributed by atoms with Gasteiger partial charge in [-0.1, -0.05) is 87.9 Å². The molecule has 1 aromatic heterocycles. The molecule has 0 saturated heterocycles. The number of hydrogen-bond donors (Lipinski definition) is 1. The standard InChI is InChI=1S/C31H35NO.ClHO4/c1-2-3-4-5-6-7-8-13-24-32-27(20-18-26-15-10-12-17-30(26)32)21-22-29-28-16-11-9-14-25(28)19-23-31(29)33;2-1(3,4)5/h9-12,14-23H,2-8,13,24H2,1H3;(H,2,3,4,5). The molecule has 3 aromatic carbocycles. The van der Waals surface area contributed by atoms with Gasteiger partial charge in [0.05, 0.1) is 0 Å². The summed E-state index contributed by atoms with van der Waals surface area (Å²) in [7, 11) is -4.94. The molecule has 0 aliphatic rings. The molecule has 0 spiro atoms. The van der Waals surface area contributed by atoms with E-state index in [0.717, 1.165) is 22.9 Å². The van der Waals surface area contributed by atoms with Crippen molar-refractivity contribution in [1.82, 2.24) is 0 Å². The van der Waals surface area contributed by atoms with E-state index >= 15 is 0 Å². The lowest BCUT2D eigenvalue weighted by Gasteiger charge is -2.17. The molecule has 0 bridgehead atoms. The highest BCUT2D eigenvalue weighted by Crippen LogP contribution is 2.29. The zero-order valence-corrected chi connectivity index (χ0v) is 22.6. The van der Waals surface area contributed by atoms with Crippen molar-refractivity contribution in [3.63, 3.8) is 0 Å². The molecule has 0 saturated carbocycles. The second kappa shape index (κ2) is 14.8. The number of aromatic hydroxyl groups is 1. The molecule has 0 fully saturated rings. The lowest BCUT2D eigenvalue weighted by Crippen LogP contribution is -2.68. The number of hydrogen-bond acceptors (Lipinski definition) is 5. The lowest BCUT2D eigenvalue weighted by atomic mass is 10.0. The molecular formula is C31H36ClNO5. The monoisotopic (exact) mass is 537 g/mol. The van der Waals surface area contributed by atoms with Crippen molar-refractivity contribution in [3.05, 3.63) is 84.1 Å². The maximum atomic E-state index is 10.5. The Balaban J connectivity index is 0.000000732. The van der Waals surface area contributed by atoms with Crippen LogP contribution in [0.5, 0.6) is 5.75 Å². The predicted molar refractivity (Wildman–Crippen MR) is 141 cm³/mol. The van der Waals surface area contributed by atoms with E-state index < -0.39 is 10.2 Å². The van der Waals surface area contributed by atoms with E-state index in [9.17, 15) is 5.11 Å². The third-order valence-corrected chi connectivity index (χ3v) is 6.58. The summed E-state index contributed by atoms with van der Waals surface area (Å²) in [4.78, 5) is 0. The molecule has 6 nitrogen and oxygen atoms in total. The van der Waals surface area contributed by atoms with Crippen LogP contribution in [0.15, 0.2) is 72.8 Å². The maximum Gasteiger partial charge on any atom is 0.212 e. The van der Waals surface area contributed by atoms with Crippen LogP contribution in [0, 0.1) is 10.2 Å². The first-order chi connectivity index (χ1) is 18.3. The Morgan fingerprint density at radius 2 is 1.26 bits per heavy atom. The second-order valence-corrected chi connectivity index (χ2v) is 10.1. The highest BCUT2D eigenvalue weighted by atomic mass is 35.7. The van der Waals surface area contributed by atoms with E-state index in [1.54, 1.807) is 6.07 Å². The van der Waals surface area contributed by atoms with Crippen molar-refractivity contribution in [2.45, 2.75) is 64.8 Å². The van der Waals surface area contributed by atoms with Crippen molar-refractivity contribution in [1.29, 1.82) is 0 Å². The van der Waals surface area contributed by atoms with Crippen LogP contribution < -0.4 is 23.2 Å². The number of nitrogens with zero attached hydrogens (tertiary/aromatic N) is 1. The fourth-order valence-corrected chi connectivity index (χ4v) is 4.71. The molecule has 7 heteroatoms. The molecule has 4 rings (SSSR count). The topological polar surface area (TPSA) is 116 Å². The van der Waals surface area contributed by atoms with Crippen LogP contribution in [0.3, 0.4) is 0 Å². The highest BCUT2D eigenvalue weighted by Gasteiger charge is 2.14. The van der Waals surface area contributed by atoms with Gasteiger partial charge >= 0.3 is 0 Å². The van der Waals surface area contributed by atoms with Gasteiger partial charge in [0.2, 0.25) is 11.2 Å². The highest BCUT2D eigenvalue weighted by molar-refractivity contribution is 5.95. The molecule has 0 aliphatic heterocycles. The van der Waals surface area contributed by atoms with Gasteiger partial charge in [0.15, 0.2) is 0 Å². The van der Waals surface area contributed by atoms with Crippen molar-refractivity contribution >= 4 is 33.8 Å². The molecule has 202 valence electrons. The summed E-state index contributed by atoms with van der Waals surface area (Å²) in [6.07, 6.45) is 14.8. The summed E-state index contributed by atoms with van der Waals surface area (Å²) in [6, 6.07) is 25.0. The van der Waals surface area contributed by atoms with Crippen LogP contribution in [0.2, 0.25) is 0 Å². The van der Waals surface area contributed by atoms with Gasteiger partial charge < -0.3 is 5.11 Å². The molecule has 0 amide bonds. The first kappa shape index (κ1) is 29.6. The summed E-state index contributed by atoms with van der Waals surface area (Å²) in [5.74, 6) is 0.320. The van der Waals surface area contributed by atoms with E-state index in [-0.39, 0.29) is 0 Å². The predicted octanol–water partition coefficient (Wildman–Crippen LogP) is 3.54. The van der Waals surface area contributed by atoms with Gasteiger partial charge in [-0.05, 0) is 41.5 Å². The van der Waals surface area contributed by atoms with Crippen LogP contribution in [-0.4, -0.2) is 5.11 Å². The number of fused-ring (bicyclic) bond motifs is 2. The molecular weight excluding hydrogens is 502 g/mol. The summed E-state index contributed by atoms with van der Waals surface area (Å²) in [6.45, 7) is 3.28. The van der Waals surface area contributed by atoms with Crippen molar-refractivity contribution in [3.8, 4) is 5.75 Å². The van der Waals surface area contributed by atoms with Gasteiger partial charge in [0.1, 0.15) is 12.3 Å². The average Bonchev–Trinajstić information content (AvgIpc) is 2.89. The number of benzene rings is 3. The molecule has 0 atom stereocenters. The molecule has 4 aromatic rings.